The second kappa shape index (κ2) is 3.22. The molecule has 0 aromatic carbocycles. The molecule has 0 bridgehead atoms. The topological polar surface area (TPSA) is 47.6 Å². The molecule has 54 valence electrons. The Morgan fingerprint density at radius 2 is 2.60 bits per heavy atom. The Morgan fingerprint density at radius 1 is 1.80 bits per heavy atom. The Bertz CT molecular complexity index is 231. The van der Waals surface area contributed by atoms with Crippen molar-refractivity contribution in [3.8, 4) is 5.75 Å². The molecular weight excluding hydrogens is 148 g/mol. The van der Waals surface area contributed by atoms with Crippen LogP contribution >= 0.6 is 11.3 Å². The SMILES string of the molecule is C/C=N/Oc1csc(N)c1. The van der Waals surface area contributed by atoms with Crippen molar-refractivity contribution in [1.82, 2.24) is 0 Å². The fraction of sp³-hybridized carbons (Fsp3) is 0.167. The standard InChI is InChI=1S/C6H8N2OS/c1-2-8-9-5-3-6(7)10-4-5/h2-4H,7H2,1H3/b8-2+. The summed E-state index contributed by atoms with van der Waals surface area (Å²) in [7, 11) is 0. The van der Waals surface area contributed by atoms with E-state index in [9.17, 15) is 0 Å². The maximum absolute atomic E-state index is 5.44. The van der Waals surface area contributed by atoms with E-state index in [1.54, 1.807) is 19.2 Å². The molecule has 0 aliphatic rings. The molecule has 1 aromatic rings. The van der Waals surface area contributed by atoms with Gasteiger partial charge >= 0.3 is 0 Å². The van der Waals surface area contributed by atoms with Crippen molar-refractivity contribution in [1.29, 1.82) is 0 Å². The van der Waals surface area contributed by atoms with Crippen molar-refractivity contribution in [3.63, 3.8) is 0 Å². The van der Waals surface area contributed by atoms with Crippen LogP contribution in [0, 0.1) is 0 Å². The predicted octanol–water partition coefficient (Wildman–Crippen LogP) is 1.71. The molecule has 1 heterocycles. The quantitative estimate of drug-likeness (QED) is 0.523. The molecule has 0 unspecified atom stereocenters. The smallest absolute Gasteiger partial charge is 0.170 e. The number of hydrogen-bond acceptors (Lipinski definition) is 4. The minimum atomic E-state index is 0.695. The highest BCUT2D eigenvalue weighted by Crippen LogP contribution is 2.22. The average molecular weight is 156 g/mol. The summed E-state index contributed by atoms with van der Waals surface area (Å²) in [6.45, 7) is 1.79. The normalized spacial score (nSPS) is 10.5. The van der Waals surface area contributed by atoms with Crippen molar-refractivity contribution in [2.45, 2.75) is 6.92 Å². The maximum Gasteiger partial charge on any atom is 0.170 e. The van der Waals surface area contributed by atoms with E-state index in [1.807, 2.05) is 5.38 Å². The van der Waals surface area contributed by atoms with Gasteiger partial charge in [-0.15, -0.1) is 11.3 Å². The van der Waals surface area contributed by atoms with Crippen molar-refractivity contribution in [2.75, 3.05) is 5.73 Å². The number of oxime groups is 1. The van der Waals surface area contributed by atoms with E-state index in [1.165, 1.54) is 11.3 Å². The lowest BCUT2D eigenvalue weighted by Gasteiger charge is -1.88. The minimum absolute atomic E-state index is 0.695. The number of thiophene rings is 1. The first kappa shape index (κ1) is 7.08. The van der Waals surface area contributed by atoms with E-state index in [0.29, 0.717) is 5.75 Å². The number of nitrogens with zero attached hydrogens (tertiary/aromatic N) is 1. The molecular formula is C6H8N2OS. The van der Waals surface area contributed by atoms with Crippen molar-refractivity contribution >= 4 is 22.6 Å². The first-order chi connectivity index (χ1) is 4.83. The van der Waals surface area contributed by atoms with Gasteiger partial charge in [0, 0.05) is 17.7 Å². The lowest BCUT2D eigenvalue weighted by Crippen LogP contribution is -1.79. The fourth-order valence-electron chi connectivity index (χ4n) is 0.496. The third-order valence-electron chi connectivity index (χ3n) is 0.859. The minimum Gasteiger partial charge on any atom is -0.390 e. The zero-order valence-electron chi connectivity index (χ0n) is 5.57. The van der Waals surface area contributed by atoms with E-state index in [-0.39, 0.29) is 0 Å². The van der Waals surface area contributed by atoms with Crippen LogP contribution in [0.2, 0.25) is 0 Å². The monoisotopic (exact) mass is 156 g/mol. The molecule has 0 saturated heterocycles. The lowest BCUT2D eigenvalue weighted by molar-refractivity contribution is 0.345. The van der Waals surface area contributed by atoms with E-state index in [0.717, 1.165) is 5.00 Å². The van der Waals surface area contributed by atoms with E-state index < -0.39 is 0 Å². The second-order valence-corrected chi connectivity index (χ2v) is 2.58. The molecule has 1 rings (SSSR count). The van der Waals surface area contributed by atoms with Gasteiger partial charge in [-0.05, 0) is 6.92 Å². The van der Waals surface area contributed by atoms with Gasteiger partial charge < -0.3 is 10.6 Å². The number of rotatable bonds is 2. The summed E-state index contributed by atoms with van der Waals surface area (Å²) < 4.78 is 0. The molecule has 3 nitrogen and oxygen atoms in total. The fourth-order valence-corrected chi connectivity index (χ4v) is 1.04. The van der Waals surface area contributed by atoms with Crippen LogP contribution in [0.5, 0.6) is 5.75 Å². The van der Waals surface area contributed by atoms with Gasteiger partial charge in [0.1, 0.15) is 0 Å². The third kappa shape index (κ3) is 1.73. The van der Waals surface area contributed by atoms with Crippen molar-refractivity contribution in [2.24, 2.45) is 5.16 Å². The van der Waals surface area contributed by atoms with Crippen LogP contribution in [-0.2, 0) is 0 Å². The van der Waals surface area contributed by atoms with Gasteiger partial charge in [0.2, 0.25) is 0 Å². The molecule has 0 radical (unpaired) electrons. The second-order valence-electron chi connectivity index (χ2n) is 1.64. The highest BCUT2D eigenvalue weighted by Gasteiger charge is 1.94. The Hall–Kier alpha value is -1.03. The van der Waals surface area contributed by atoms with Crippen LogP contribution in [0.3, 0.4) is 0 Å². The largest absolute Gasteiger partial charge is 0.390 e. The molecule has 0 aliphatic heterocycles. The van der Waals surface area contributed by atoms with Gasteiger partial charge in [0.25, 0.3) is 0 Å². The van der Waals surface area contributed by atoms with E-state index >= 15 is 0 Å². The molecule has 0 fully saturated rings. The summed E-state index contributed by atoms with van der Waals surface area (Å²) in [4.78, 5) is 4.88. The number of nitrogen functional groups attached to an aromatic ring is 1. The summed E-state index contributed by atoms with van der Waals surface area (Å²) in [6.07, 6.45) is 1.58. The van der Waals surface area contributed by atoms with Crippen LogP contribution in [0.15, 0.2) is 16.6 Å². The Morgan fingerprint density at radius 3 is 3.10 bits per heavy atom. The van der Waals surface area contributed by atoms with Crippen molar-refractivity contribution < 1.29 is 4.84 Å². The van der Waals surface area contributed by atoms with E-state index in [2.05, 4.69) is 5.16 Å². The summed E-state index contributed by atoms with van der Waals surface area (Å²) >= 11 is 1.43. The molecule has 0 amide bonds. The zero-order valence-corrected chi connectivity index (χ0v) is 6.39. The molecule has 0 aliphatic carbocycles. The Balaban J connectivity index is 2.58. The highest BCUT2D eigenvalue weighted by molar-refractivity contribution is 7.14. The Kier molecular flexibility index (Phi) is 2.28. The molecule has 0 saturated carbocycles. The molecule has 2 N–H and O–H groups in total. The van der Waals surface area contributed by atoms with Crippen LogP contribution in [0.25, 0.3) is 0 Å². The van der Waals surface area contributed by atoms with Crippen LogP contribution in [0.1, 0.15) is 6.92 Å². The van der Waals surface area contributed by atoms with Crippen molar-refractivity contribution in [3.05, 3.63) is 11.4 Å². The first-order valence-electron chi connectivity index (χ1n) is 2.82. The number of hydrogen-bond donors (Lipinski definition) is 1. The number of anilines is 1. The molecule has 0 atom stereocenters. The highest BCUT2D eigenvalue weighted by atomic mass is 32.1. The van der Waals surface area contributed by atoms with Gasteiger partial charge in [-0.1, -0.05) is 5.16 Å². The summed E-state index contributed by atoms with van der Waals surface area (Å²) in [5, 5.41) is 6.13. The molecule has 1 aromatic heterocycles. The summed E-state index contributed by atoms with van der Waals surface area (Å²) in [5.74, 6) is 0.695. The summed E-state index contributed by atoms with van der Waals surface area (Å²) in [5.41, 5.74) is 5.44. The predicted molar refractivity (Wildman–Crippen MR) is 43.5 cm³/mol. The molecule has 0 spiro atoms. The number of nitrogens with two attached hydrogens (primary N) is 1. The zero-order chi connectivity index (χ0) is 7.40. The van der Waals surface area contributed by atoms with Gasteiger partial charge in [-0.3, -0.25) is 0 Å². The summed E-state index contributed by atoms with van der Waals surface area (Å²) in [6, 6.07) is 1.73. The average Bonchev–Trinajstić information content (AvgIpc) is 2.31. The van der Waals surface area contributed by atoms with Gasteiger partial charge in [0.15, 0.2) is 5.75 Å². The Labute approximate surface area is 63.1 Å². The third-order valence-corrected chi connectivity index (χ3v) is 1.60. The first-order valence-corrected chi connectivity index (χ1v) is 3.70. The molecule has 10 heavy (non-hydrogen) atoms. The van der Waals surface area contributed by atoms with Gasteiger partial charge in [-0.2, -0.15) is 0 Å². The van der Waals surface area contributed by atoms with Crippen LogP contribution in [0.4, 0.5) is 5.00 Å². The molecule has 4 heteroatoms. The van der Waals surface area contributed by atoms with Gasteiger partial charge in [-0.25, -0.2) is 0 Å². The lowest BCUT2D eigenvalue weighted by atomic mass is 10.6. The van der Waals surface area contributed by atoms with Gasteiger partial charge in [0.05, 0.1) is 5.00 Å². The maximum atomic E-state index is 5.44. The van der Waals surface area contributed by atoms with Crippen LogP contribution in [-0.4, -0.2) is 6.21 Å². The van der Waals surface area contributed by atoms with E-state index in [4.69, 9.17) is 10.6 Å². The van der Waals surface area contributed by atoms with Crippen LogP contribution < -0.4 is 10.6 Å².